The molecule has 23 heavy (non-hydrogen) atoms. The van der Waals surface area contributed by atoms with Crippen LogP contribution in [-0.2, 0) is 13.1 Å². The van der Waals surface area contributed by atoms with Crippen LogP contribution in [-0.4, -0.2) is 41.6 Å². The zero-order valence-electron chi connectivity index (χ0n) is 12.4. The number of hydrogen-bond acceptors (Lipinski definition) is 6. The van der Waals surface area contributed by atoms with Crippen molar-refractivity contribution in [3.05, 3.63) is 36.2 Å². The number of aromatic amines is 1. The summed E-state index contributed by atoms with van der Waals surface area (Å²) in [6.07, 6.45) is 1.55. The van der Waals surface area contributed by atoms with E-state index in [0.29, 0.717) is 23.8 Å². The Morgan fingerprint density at radius 1 is 1.39 bits per heavy atom. The predicted molar refractivity (Wildman–Crippen MR) is 81.2 cm³/mol. The summed E-state index contributed by atoms with van der Waals surface area (Å²) in [7, 11) is 0. The monoisotopic (exact) mass is 313 g/mol. The van der Waals surface area contributed by atoms with Crippen LogP contribution in [0.3, 0.4) is 0 Å². The van der Waals surface area contributed by atoms with Gasteiger partial charge in [-0.25, -0.2) is 9.48 Å². The van der Waals surface area contributed by atoms with Crippen LogP contribution < -0.4 is 10.6 Å². The summed E-state index contributed by atoms with van der Waals surface area (Å²) in [4.78, 5) is 11.9. The number of rotatable bonds is 5. The van der Waals surface area contributed by atoms with Crippen molar-refractivity contribution in [1.29, 1.82) is 0 Å². The van der Waals surface area contributed by atoms with E-state index in [0.717, 1.165) is 5.56 Å². The van der Waals surface area contributed by atoms with Gasteiger partial charge < -0.3 is 10.6 Å². The lowest BCUT2D eigenvalue weighted by Crippen LogP contribution is -2.28. The molecule has 0 fully saturated rings. The van der Waals surface area contributed by atoms with Crippen molar-refractivity contribution in [3.63, 3.8) is 0 Å². The zero-order chi connectivity index (χ0) is 16.1. The number of urea groups is 1. The van der Waals surface area contributed by atoms with Crippen molar-refractivity contribution in [3.8, 4) is 11.4 Å². The number of aryl methyl sites for hydroxylation is 1. The summed E-state index contributed by atoms with van der Waals surface area (Å²) < 4.78 is 1.68. The van der Waals surface area contributed by atoms with Gasteiger partial charge in [0.25, 0.3) is 0 Å². The molecule has 0 aliphatic rings. The molecule has 1 aromatic carbocycles. The first kappa shape index (κ1) is 14.6. The highest BCUT2D eigenvalue weighted by Crippen LogP contribution is 2.20. The number of anilines is 1. The SMILES string of the molecule is CCn1nnnc1-c1cccc(NC(=O)NCc2cn[nH]n2)c1. The minimum atomic E-state index is -0.333. The lowest BCUT2D eigenvalue weighted by atomic mass is 10.2. The minimum absolute atomic E-state index is 0.288. The van der Waals surface area contributed by atoms with E-state index >= 15 is 0 Å². The minimum Gasteiger partial charge on any atom is -0.332 e. The summed E-state index contributed by atoms with van der Waals surface area (Å²) >= 11 is 0. The molecule has 0 saturated carbocycles. The Morgan fingerprint density at radius 3 is 3.09 bits per heavy atom. The van der Waals surface area contributed by atoms with Gasteiger partial charge >= 0.3 is 6.03 Å². The summed E-state index contributed by atoms with van der Waals surface area (Å²) in [5, 5.41) is 27.0. The zero-order valence-corrected chi connectivity index (χ0v) is 12.4. The van der Waals surface area contributed by atoms with Crippen molar-refractivity contribution in [2.45, 2.75) is 20.0 Å². The number of carbonyl (C=O) groups is 1. The second-order valence-electron chi connectivity index (χ2n) is 4.67. The number of aromatic nitrogens is 7. The number of H-pyrrole nitrogens is 1. The maximum absolute atomic E-state index is 11.9. The quantitative estimate of drug-likeness (QED) is 0.639. The Bertz CT molecular complexity index is 780. The molecule has 0 saturated heterocycles. The highest BCUT2D eigenvalue weighted by molar-refractivity contribution is 5.89. The Morgan fingerprint density at radius 2 is 2.30 bits per heavy atom. The molecular weight excluding hydrogens is 298 g/mol. The van der Waals surface area contributed by atoms with Gasteiger partial charge in [-0.1, -0.05) is 12.1 Å². The molecule has 0 aliphatic carbocycles. The second-order valence-corrected chi connectivity index (χ2v) is 4.67. The van der Waals surface area contributed by atoms with E-state index in [1.807, 2.05) is 25.1 Å². The second kappa shape index (κ2) is 6.64. The number of tetrazole rings is 1. The van der Waals surface area contributed by atoms with Crippen LogP contribution in [0.5, 0.6) is 0 Å². The average molecular weight is 313 g/mol. The van der Waals surface area contributed by atoms with Crippen LogP contribution in [0.15, 0.2) is 30.5 Å². The molecule has 10 heteroatoms. The fraction of sp³-hybridized carbons (Fsp3) is 0.231. The largest absolute Gasteiger partial charge is 0.332 e. The van der Waals surface area contributed by atoms with Gasteiger partial charge in [-0.2, -0.15) is 15.4 Å². The fourth-order valence-electron chi connectivity index (χ4n) is 2.02. The molecule has 2 amide bonds. The highest BCUT2D eigenvalue weighted by Gasteiger charge is 2.09. The maximum Gasteiger partial charge on any atom is 0.319 e. The molecular formula is C13H15N9O. The van der Waals surface area contributed by atoms with Gasteiger partial charge in [0.15, 0.2) is 5.82 Å². The highest BCUT2D eigenvalue weighted by atomic mass is 16.2. The van der Waals surface area contributed by atoms with Crippen molar-refractivity contribution in [1.82, 2.24) is 40.9 Å². The molecule has 0 bridgehead atoms. The van der Waals surface area contributed by atoms with Gasteiger partial charge in [0.05, 0.1) is 12.7 Å². The van der Waals surface area contributed by atoms with Crippen LogP contribution >= 0.6 is 0 Å². The summed E-state index contributed by atoms with van der Waals surface area (Å²) in [5.41, 5.74) is 2.12. The van der Waals surface area contributed by atoms with E-state index in [2.05, 4.69) is 41.6 Å². The number of amides is 2. The van der Waals surface area contributed by atoms with Gasteiger partial charge in [0.2, 0.25) is 0 Å². The van der Waals surface area contributed by atoms with Crippen LogP contribution in [0.25, 0.3) is 11.4 Å². The third-order valence-electron chi connectivity index (χ3n) is 3.11. The lowest BCUT2D eigenvalue weighted by Gasteiger charge is -2.08. The standard InChI is InChI=1S/C13H15N9O/c1-2-22-12(18-20-21-22)9-4-3-5-10(6-9)16-13(23)14-7-11-8-15-19-17-11/h3-6,8H,2,7H2,1H3,(H2,14,16,23)(H,15,17,19). The van der Waals surface area contributed by atoms with Crippen molar-refractivity contribution in [2.75, 3.05) is 5.32 Å². The topological polar surface area (TPSA) is 126 Å². The first-order valence-corrected chi connectivity index (χ1v) is 7.02. The molecule has 3 aromatic rings. The van der Waals surface area contributed by atoms with E-state index in [-0.39, 0.29) is 12.6 Å². The van der Waals surface area contributed by atoms with Crippen LogP contribution in [0.4, 0.5) is 10.5 Å². The maximum atomic E-state index is 11.9. The molecule has 0 radical (unpaired) electrons. The van der Waals surface area contributed by atoms with Gasteiger partial charge in [0, 0.05) is 17.8 Å². The lowest BCUT2D eigenvalue weighted by molar-refractivity contribution is 0.251. The van der Waals surface area contributed by atoms with Crippen molar-refractivity contribution < 1.29 is 4.79 Å². The molecule has 0 atom stereocenters. The number of nitrogens with one attached hydrogen (secondary N) is 3. The molecule has 0 spiro atoms. The van der Waals surface area contributed by atoms with Gasteiger partial charge in [-0.3, -0.25) is 0 Å². The van der Waals surface area contributed by atoms with Gasteiger partial charge in [-0.15, -0.1) is 5.10 Å². The van der Waals surface area contributed by atoms with E-state index < -0.39 is 0 Å². The molecule has 3 rings (SSSR count). The molecule has 10 nitrogen and oxygen atoms in total. The third-order valence-corrected chi connectivity index (χ3v) is 3.11. The van der Waals surface area contributed by atoms with E-state index in [4.69, 9.17) is 0 Å². The smallest absolute Gasteiger partial charge is 0.319 e. The molecule has 0 unspecified atom stereocenters. The van der Waals surface area contributed by atoms with Gasteiger partial charge in [-0.05, 0) is 29.5 Å². The Kier molecular flexibility index (Phi) is 4.22. The summed E-state index contributed by atoms with van der Waals surface area (Å²) in [5.74, 6) is 0.652. The summed E-state index contributed by atoms with van der Waals surface area (Å²) in [6, 6.07) is 6.99. The summed E-state index contributed by atoms with van der Waals surface area (Å²) in [6.45, 7) is 2.91. The van der Waals surface area contributed by atoms with E-state index in [9.17, 15) is 4.79 Å². The number of nitrogens with zero attached hydrogens (tertiary/aromatic N) is 6. The van der Waals surface area contributed by atoms with Crippen molar-refractivity contribution in [2.24, 2.45) is 0 Å². The Hall–Kier alpha value is -3.30. The number of benzene rings is 1. The Balaban J connectivity index is 1.66. The van der Waals surface area contributed by atoms with Crippen LogP contribution in [0.2, 0.25) is 0 Å². The first-order chi connectivity index (χ1) is 11.3. The first-order valence-electron chi connectivity index (χ1n) is 7.02. The normalized spacial score (nSPS) is 10.5. The Labute approximate surface area is 131 Å². The third kappa shape index (κ3) is 3.48. The van der Waals surface area contributed by atoms with Crippen molar-refractivity contribution >= 4 is 11.7 Å². The van der Waals surface area contributed by atoms with E-state index in [1.165, 1.54) is 0 Å². The molecule has 0 aliphatic heterocycles. The molecule has 2 heterocycles. The average Bonchev–Trinajstić information content (AvgIpc) is 3.24. The van der Waals surface area contributed by atoms with Crippen LogP contribution in [0, 0.1) is 0 Å². The fourth-order valence-corrected chi connectivity index (χ4v) is 2.02. The number of hydrogen-bond donors (Lipinski definition) is 3. The molecule has 3 N–H and O–H groups in total. The molecule has 118 valence electrons. The van der Waals surface area contributed by atoms with Gasteiger partial charge in [0.1, 0.15) is 5.69 Å². The molecule has 2 aromatic heterocycles. The number of carbonyl (C=O) groups excluding carboxylic acids is 1. The van der Waals surface area contributed by atoms with E-state index in [1.54, 1.807) is 16.9 Å². The predicted octanol–water partition coefficient (Wildman–Crippen LogP) is 0.800. The van der Waals surface area contributed by atoms with Crippen LogP contribution in [0.1, 0.15) is 12.6 Å².